The van der Waals surface area contributed by atoms with Gasteiger partial charge in [-0.25, -0.2) is 15.8 Å². The predicted molar refractivity (Wildman–Crippen MR) is 65.2 cm³/mol. The molecule has 2 heterocycles. The molecule has 0 aromatic carbocycles. The lowest BCUT2D eigenvalue weighted by molar-refractivity contribution is 0.658. The van der Waals surface area contributed by atoms with Gasteiger partial charge in [-0.3, -0.25) is 0 Å². The van der Waals surface area contributed by atoms with Crippen LogP contribution in [0.25, 0.3) is 0 Å². The highest BCUT2D eigenvalue weighted by Gasteiger charge is 2.20. The molecule has 88 valence electrons. The topological polar surface area (TPSA) is 67.1 Å². The van der Waals surface area contributed by atoms with Crippen LogP contribution in [0.2, 0.25) is 0 Å². The Balaban J connectivity index is 2.25. The third kappa shape index (κ3) is 2.24. The molecule has 2 rings (SSSR count). The predicted octanol–water partition coefficient (Wildman–Crippen LogP) is 1.17. The monoisotopic (exact) mass is 221 g/mol. The summed E-state index contributed by atoms with van der Waals surface area (Å²) in [7, 11) is 0. The molecular weight excluding hydrogens is 202 g/mol. The number of nitrogen functional groups attached to an aromatic ring is 1. The molecular formula is C11H19N5. The minimum Gasteiger partial charge on any atom is -0.356 e. The van der Waals surface area contributed by atoms with Crippen molar-refractivity contribution < 1.29 is 0 Å². The van der Waals surface area contributed by atoms with Crippen LogP contribution >= 0.6 is 0 Å². The van der Waals surface area contributed by atoms with Crippen molar-refractivity contribution in [3.8, 4) is 0 Å². The van der Waals surface area contributed by atoms with Gasteiger partial charge in [-0.1, -0.05) is 13.8 Å². The van der Waals surface area contributed by atoms with E-state index in [-0.39, 0.29) is 0 Å². The Hall–Kier alpha value is -1.36. The van der Waals surface area contributed by atoms with Crippen molar-refractivity contribution in [1.29, 1.82) is 0 Å². The van der Waals surface area contributed by atoms with E-state index >= 15 is 0 Å². The molecule has 1 fully saturated rings. The fraction of sp³-hybridized carbons (Fsp3) is 0.636. The van der Waals surface area contributed by atoms with E-state index in [0.717, 1.165) is 37.1 Å². The van der Waals surface area contributed by atoms with Crippen molar-refractivity contribution in [2.45, 2.75) is 26.7 Å². The third-order valence-electron chi connectivity index (χ3n) is 2.97. The van der Waals surface area contributed by atoms with Gasteiger partial charge in [0.15, 0.2) is 0 Å². The van der Waals surface area contributed by atoms with Gasteiger partial charge in [0.2, 0.25) is 0 Å². The number of nitrogens with zero attached hydrogens (tertiary/aromatic N) is 3. The van der Waals surface area contributed by atoms with Crippen molar-refractivity contribution in [2.75, 3.05) is 23.4 Å². The summed E-state index contributed by atoms with van der Waals surface area (Å²) in [5.41, 5.74) is 2.60. The van der Waals surface area contributed by atoms with Crippen LogP contribution in [0, 0.1) is 5.92 Å². The molecule has 0 aliphatic carbocycles. The molecule has 0 amide bonds. The number of nitrogens with two attached hydrogens (primary N) is 1. The summed E-state index contributed by atoms with van der Waals surface area (Å²) in [5, 5.41) is 0. The lowest BCUT2D eigenvalue weighted by Crippen LogP contribution is -2.22. The molecule has 0 bridgehead atoms. The van der Waals surface area contributed by atoms with Crippen LogP contribution < -0.4 is 16.2 Å². The summed E-state index contributed by atoms with van der Waals surface area (Å²) in [6.45, 7) is 6.46. The minimum absolute atomic E-state index is 0.696. The number of anilines is 2. The zero-order valence-corrected chi connectivity index (χ0v) is 9.90. The first-order valence-electron chi connectivity index (χ1n) is 5.82. The lowest BCUT2D eigenvalue weighted by atomic mass is 10.2. The number of hydrogen-bond acceptors (Lipinski definition) is 5. The largest absolute Gasteiger partial charge is 0.356 e. The van der Waals surface area contributed by atoms with E-state index in [4.69, 9.17) is 5.84 Å². The highest BCUT2D eigenvalue weighted by atomic mass is 15.3. The first-order valence-corrected chi connectivity index (χ1v) is 5.82. The maximum absolute atomic E-state index is 5.41. The standard InChI is InChI=1S/C11H19N5/c1-3-9-13-10(15-12)6-11(14-9)16-5-4-8(2)7-16/h6,8H,3-5,7,12H2,1-2H3,(H,13,14,15). The average Bonchev–Trinajstić information content (AvgIpc) is 2.75. The van der Waals surface area contributed by atoms with Crippen LogP contribution in [0.4, 0.5) is 11.6 Å². The van der Waals surface area contributed by atoms with Gasteiger partial charge < -0.3 is 10.3 Å². The maximum atomic E-state index is 5.41. The maximum Gasteiger partial charge on any atom is 0.145 e. The SMILES string of the molecule is CCc1nc(NN)cc(N2CCC(C)C2)n1. The van der Waals surface area contributed by atoms with E-state index < -0.39 is 0 Å². The molecule has 1 unspecified atom stereocenters. The zero-order chi connectivity index (χ0) is 11.5. The summed E-state index contributed by atoms with van der Waals surface area (Å²) in [6, 6.07) is 1.91. The molecule has 0 radical (unpaired) electrons. The van der Waals surface area contributed by atoms with E-state index in [9.17, 15) is 0 Å². The van der Waals surface area contributed by atoms with Gasteiger partial charge in [-0.2, -0.15) is 0 Å². The van der Waals surface area contributed by atoms with Crippen molar-refractivity contribution in [3.63, 3.8) is 0 Å². The highest BCUT2D eigenvalue weighted by molar-refractivity contribution is 5.49. The zero-order valence-electron chi connectivity index (χ0n) is 9.90. The Morgan fingerprint density at radius 3 is 2.94 bits per heavy atom. The highest BCUT2D eigenvalue weighted by Crippen LogP contribution is 2.23. The van der Waals surface area contributed by atoms with Gasteiger partial charge in [0.05, 0.1) is 0 Å². The van der Waals surface area contributed by atoms with Gasteiger partial charge >= 0.3 is 0 Å². The second-order valence-electron chi connectivity index (χ2n) is 4.37. The van der Waals surface area contributed by atoms with Crippen molar-refractivity contribution >= 4 is 11.6 Å². The number of aryl methyl sites for hydroxylation is 1. The molecule has 3 N–H and O–H groups in total. The normalized spacial score (nSPS) is 20.2. The van der Waals surface area contributed by atoms with E-state index in [1.54, 1.807) is 0 Å². The van der Waals surface area contributed by atoms with Crippen LogP contribution in [0.1, 0.15) is 26.1 Å². The minimum atomic E-state index is 0.696. The number of hydrazine groups is 1. The van der Waals surface area contributed by atoms with E-state index in [1.807, 2.05) is 13.0 Å². The second kappa shape index (κ2) is 4.65. The van der Waals surface area contributed by atoms with Crippen LogP contribution in [0.3, 0.4) is 0 Å². The number of hydrogen-bond donors (Lipinski definition) is 2. The van der Waals surface area contributed by atoms with E-state index in [1.165, 1.54) is 6.42 Å². The van der Waals surface area contributed by atoms with Gasteiger partial charge in [-0.15, -0.1) is 0 Å². The van der Waals surface area contributed by atoms with E-state index in [0.29, 0.717) is 5.82 Å². The Morgan fingerprint density at radius 2 is 2.38 bits per heavy atom. The van der Waals surface area contributed by atoms with Crippen LogP contribution in [-0.2, 0) is 6.42 Å². The number of rotatable bonds is 3. The molecule has 1 aromatic rings. The van der Waals surface area contributed by atoms with Crippen LogP contribution in [-0.4, -0.2) is 23.1 Å². The van der Waals surface area contributed by atoms with Gasteiger partial charge in [0, 0.05) is 25.6 Å². The van der Waals surface area contributed by atoms with E-state index in [2.05, 4.69) is 27.2 Å². The quantitative estimate of drug-likeness (QED) is 0.592. The number of aromatic nitrogens is 2. The van der Waals surface area contributed by atoms with Crippen LogP contribution in [0.5, 0.6) is 0 Å². The Morgan fingerprint density at radius 1 is 1.56 bits per heavy atom. The Bertz CT molecular complexity index is 343. The Labute approximate surface area is 96.0 Å². The van der Waals surface area contributed by atoms with Gasteiger partial charge in [-0.05, 0) is 12.3 Å². The average molecular weight is 221 g/mol. The van der Waals surface area contributed by atoms with Crippen molar-refractivity contribution in [3.05, 3.63) is 11.9 Å². The summed E-state index contributed by atoms with van der Waals surface area (Å²) < 4.78 is 0. The van der Waals surface area contributed by atoms with Gasteiger partial charge in [0.1, 0.15) is 17.5 Å². The third-order valence-corrected chi connectivity index (χ3v) is 2.97. The summed E-state index contributed by atoms with van der Waals surface area (Å²) in [5.74, 6) is 8.68. The Kier molecular flexibility index (Phi) is 3.24. The molecule has 16 heavy (non-hydrogen) atoms. The molecule has 0 spiro atoms. The first-order chi connectivity index (χ1) is 7.72. The molecule has 5 nitrogen and oxygen atoms in total. The first kappa shape index (κ1) is 11.1. The molecule has 0 saturated carbocycles. The molecule has 1 atom stereocenters. The van der Waals surface area contributed by atoms with Crippen molar-refractivity contribution in [2.24, 2.45) is 11.8 Å². The molecule has 1 aliphatic heterocycles. The number of nitrogens with one attached hydrogen (secondary N) is 1. The van der Waals surface area contributed by atoms with Crippen LogP contribution in [0.15, 0.2) is 6.07 Å². The van der Waals surface area contributed by atoms with Crippen molar-refractivity contribution in [1.82, 2.24) is 9.97 Å². The second-order valence-corrected chi connectivity index (χ2v) is 4.37. The smallest absolute Gasteiger partial charge is 0.145 e. The molecule has 5 heteroatoms. The summed E-state index contributed by atoms with van der Waals surface area (Å²) in [6.07, 6.45) is 2.06. The summed E-state index contributed by atoms with van der Waals surface area (Å²) in [4.78, 5) is 11.1. The van der Waals surface area contributed by atoms with Gasteiger partial charge in [0.25, 0.3) is 0 Å². The molecule has 1 aliphatic rings. The fourth-order valence-electron chi connectivity index (χ4n) is 2.02. The summed E-state index contributed by atoms with van der Waals surface area (Å²) >= 11 is 0. The lowest BCUT2D eigenvalue weighted by Gasteiger charge is -2.18. The fourth-order valence-corrected chi connectivity index (χ4v) is 2.02. The molecule has 1 saturated heterocycles. The molecule has 1 aromatic heterocycles.